The van der Waals surface area contributed by atoms with Gasteiger partial charge in [0.15, 0.2) is 0 Å². The number of hydrogen-bond donors (Lipinski definition) is 1. The molecule has 1 atom stereocenters. The van der Waals surface area contributed by atoms with Crippen LogP contribution in [0.15, 0.2) is 36.5 Å². The highest BCUT2D eigenvalue weighted by Gasteiger charge is 2.36. The molecule has 1 aromatic heterocycles. The zero-order valence-corrected chi connectivity index (χ0v) is 22.2. The summed E-state index contributed by atoms with van der Waals surface area (Å²) < 4.78 is 78.3. The van der Waals surface area contributed by atoms with E-state index in [1.165, 1.54) is 29.3 Å². The number of benzene rings is 1. The molecule has 1 unspecified atom stereocenters. The molecule has 39 heavy (non-hydrogen) atoms. The van der Waals surface area contributed by atoms with Crippen molar-refractivity contribution in [2.24, 2.45) is 0 Å². The molecule has 7 nitrogen and oxygen atoms in total. The van der Waals surface area contributed by atoms with E-state index in [9.17, 15) is 31.5 Å². The number of hydrogen-bond acceptors (Lipinski definition) is 5. The molecular formula is C27H32F5N3O4. The van der Waals surface area contributed by atoms with Crippen molar-refractivity contribution in [1.82, 2.24) is 15.2 Å². The van der Waals surface area contributed by atoms with Gasteiger partial charge in [0.2, 0.25) is 0 Å². The lowest BCUT2D eigenvalue weighted by Crippen LogP contribution is -2.42. The molecule has 0 radical (unpaired) electrons. The number of aromatic nitrogens is 1. The summed E-state index contributed by atoms with van der Waals surface area (Å²) in [6, 6.07) is 5.65. The maximum atomic E-state index is 13.6. The van der Waals surface area contributed by atoms with Crippen LogP contribution in [0.25, 0.3) is 11.3 Å². The molecule has 2 heterocycles. The first-order valence-electron chi connectivity index (χ1n) is 12.5. The van der Waals surface area contributed by atoms with Crippen molar-refractivity contribution in [1.29, 1.82) is 0 Å². The van der Waals surface area contributed by atoms with Crippen LogP contribution in [-0.2, 0) is 10.9 Å². The molecule has 214 valence electrons. The minimum absolute atomic E-state index is 0.0213. The predicted molar refractivity (Wildman–Crippen MR) is 134 cm³/mol. The number of carbonyl (C=O) groups excluding carboxylic acids is 2. The van der Waals surface area contributed by atoms with Crippen LogP contribution in [0.1, 0.15) is 62.9 Å². The number of piperidine rings is 1. The Bertz CT molecular complexity index is 1150. The average molecular weight is 558 g/mol. The van der Waals surface area contributed by atoms with E-state index in [4.69, 9.17) is 9.47 Å². The standard InChI is InChI=1S/C27H32F5N3O4/c1-17(34-24(37)39-25(2,3)4)7-12-38-21-14-19(13-20(15-21)27(30,31)32)22-6-5-18(16-33-22)23(36)35-10-8-26(28,29)9-11-35/h5-6,13-17H,7-12H2,1-4H3,(H,34,37). The van der Waals surface area contributed by atoms with E-state index in [1.807, 2.05) is 0 Å². The van der Waals surface area contributed by atoms with Gasteiger partial charge >= 0.3 is 12.3 Å². The van der Waals surface area contributed by atoms with E-state index in [0.717, 1.165) is 12.1 Å². The molecule has 1 aliphatic rings. The van der Waals surface area contributed by atoms with Crippen molar-refractivity contribution in [2.75, 3.05) is 19.7 Å². The van der Waals surface area contributed by atoms with Gasteiger partial charge in [-0.1, -0.05) is 0 Å². The number of pyridine rings is 1. The molecule has 1 fully saturated rings. The van der Waals surface area contributed by atoms with Crippen LogP contribution < -0.4 is 10.1 Å². The Morgan fingerprint density at radius 2 is 1.77 bits per heavy atom. The van der Waals surface area contributed by atoms with Crippen molar-refractivity contribution >= 4 is 12.0 Å². The van der Waals surface area contributed by atoms with E-state index in [1.54, 1.807) is 27.7 Å². The highest BCUT2D eigenvalue weighted by atomic mass is 19.4. The number of nitrogens with one attached hydrogen (secondary N) is 1. The topological polar surface area (TPSA) is 80.8 Å². The fourth-order valence-electron chi connectivity index (χ4n) is 3.84. The van der Waals surface area contributed by atoms with Gasteiger partial charge in [0.1, 0.15) is 11.4 Å². The van der Waals surface area contributed by atoms with Crippen LogP contribution in [0.4, 0.5) is 26.7 Å². The molecule has 2 amide bonds. The number of likely N-dealkylation sites (tertiary alicyclic amines) is 1. The van der Waals surface area contributed by atoms with Gasteiger partial charge in [-0.2, -0.15) is 13.2 Å². The van der Waals surface area contributed by atoms with Gasteiger partial charge in [-0.25, -0.2) is 13.6 Å². The van der Waals surface area contributed by atoms with Crippen LogP contribution in [-0.4, -0.2) is 59.1 Å². The van der Waals surface area contributed by atoms with Crippen LogP contribution in [0.5, 0.6) is 5.75 Å². The molecule has 2 aromatic rings. The maximum Gasteiger partial charge on any atom is 0.416 e. The molecule has 1 aromatic carbocycles. The Morgan fingerprint density at radius 1 is 1.10 bits per heavy atom. The quantitative estimate of drug-likeness (QED) is 0.403. The third-order valence-corrected chi connectivity index (χ3v) is 5.90. The first-order chi connectivity index (χ1) is 18.0. The monoisotopic (exact) mass is 557 g/mol. The summed E-state index contributed by atoms with van der Waals surface area (Å²) in [5.41, 5.74) is -1.16. The number of ether oxygens (including phenoxy) is 2. The summed E-state index contributed by atoms with van der Waals surface area (Å²) in [5, 5.41) is 2.64. The molecular weight excluding hydrogens is 525 g/mol. The van der Waals surface area contributed by atoms with E-state index in [-0.39, 0.29) is 48.3 Å². The summed E-state index contributed by atoms with van der Waals surface area (Å²) in [5.74, 6) is -3.30. The first-order valence-corrected chi connectivity index (χ1v) is 12.5. The largest absolute Gasteiger partial charge is 0.493 e. The summed E-state index contributed by atoms with van der Waals surface area (Å²) in [4.78, 5) is 30.0. The molecule has 1 N–H and O–H groups in total. The average Bonchev–Trinajstić information content (AvgIpc) is 2.82. The van der Waals surface area contributed by atoms with Gasteiger partial charge in [0.25, 0.3) is 11.8 Å². The number of rotatable bonds is 7. The zero-order valence-electron chi connectivity index (χ0n) is 22.2. The number of carbonyl (C=O) groups is 2. The van der Waals surface area contributed by atoms with Gasteiger partial charge in [-0.15, -0.1) is 0 Å². The van der Waals surface area contributed by atoms with E-state index < -0.39 is 48.1 Å². The fourth-order valence-corrected chi connectivity index (χ4v) is 3.84. The highest BCUT2D eigenvalue weighted by Crippen LogP contribution is 2.35. The van der Waals surface area contributed by atoms with Crippen LogP contribution >= 0.6 is 0 Å². The Kier molecular flexibility index (Phi) is 9.07. The second-order valence-electron chi connectivity index (χ2n) is 10.5. The number of amides is 2. The van der Waals surface area contributed by atoms with Crippen molar-refractivity contribution in [3.8, 4) is 17.0 Å². The third kappa shape index (κ3) is 9.07. The van der Waals surface area contributed by atoms with Crippen LogP contribution in [0.3, 0.4) is 0 Å². The zero-order chi connectivity index (χ0) is 29.0. The first kappa shape index (κ1) is 30.1. The summed E-state index contributed by atoms with van der Waals surface area (Å²) in [6.07, 6.45) is -4.58. The van der Waals surface area contributed by atoms with Crippen LogP contribution in [0, 0.1) is 0 Å². The van der Waals surface area contributed by atoms with Crippen molar-refractivity contribution in [3.05, 3.63) is 47.7 Å². The SMILES string of the molecule is CC(CCOc1cc(-c2ccc(C(=O)N3CCC(F)(F)CC3)cn2)cc(C(F)(F)F)c1)NC(=O)OC(C)(C)C. The van der Waals surface area contributed by atoms with Gasteiger partial charge in [0.05, 0.1) is 23.4 Å². The van der Waals surface area contributed by atoms with Crippen molar-refractivity contribution < 1.29 is 41.0 Å². The predicted octanol–water partition coefficient (Wildman–Crippen LogP) is 6.32. The van der Waals surface area contributed by atoms with Gasteiger partial charge < -0.3 is 19.7 Å². The molecule has 12 heteroatoms. The Hall–Kier alpha value is -3.44. The summed E-state index contributed by atoms with van der Waals surface area (Å²) >= 11 is 0. The molecule has 0 bridgehead atoms. The maximum absolute atomic E-state index is 13.6. The van der Waals surface area contributed by atoms with Gasteiger partial charge in [-0.05, 0) is 58.0 Å². The van der Waals surface area contributed by atoms with E-state index in [2.05, 4.69) is 10.3 Å². The van der Waals surface area contributed by atoms with E-state index >= 15 is 0 Å². The van der Waals surface area contributed by atoms with Crippen molar-refractivity contribution in [3.63, 3.8) is 0 Å². The van der Waals surface area contributed by atoms with Gasteiger partial charge in [-0.3, -0.25) is 9.78 Å². The van der Waals surface area contributed by atoms with Gasteiger partial charge in [0, 0.05) is 50.2 Å². The Morgan fingerprint density at radius 3 is 2.33 bits per heavy atom. The lowest BCUT2D eigenvalue weighted by molar-refractivity contribution is -0.137. The molecule has 1 saturated heterocycles. The molecule has 0 saturated carbocycles. The summed E-state index contributed by atoms with van der Waals surface area (Å²) in [6.45, 7) is 6.74. The summed E-state index contributed by atoms with van der Waals surface area (Å²) in [7, 11) is 0. The lowest BCUT2D eigenvalue weighted by Gasteiger charge is -2.31. The minimum Gasteiger partial charge on any atom is -0.493 e. The Labute approximate surface area is 223 Å². The number of alkyl halides is 5. The third-order valence-electron chi connectivity index (χ3n) is 5.90. The molecule has 0 spiro atoms. The minimum atomic E-state index is -4.65. The van der Waals surface area contributed by atoms with Crippen molar-refractivity contribution in [2.45, 2.75) is 70.7 Å². The normalized spacial score (nSPS) is 16.4. The number of alkyl carbamates (subject to hydrolysis) is 1. The molecule has 1 aliphatic heterocycles. The second-order valence-corrected chi connectivity index (χ2v) is 10.5. The van der Waals surface area contributed by atoms with E-state index in [0.29, 0.717) is 6.42 Å². The molecule has 3 rings (SSSR count). The van der Waals surface area contributed by atoms with Crippen LogP contribution in [0.2, 0.25) is 0 Å². The molecule has 0 aliphatic carbocycles. The number of halogens is 5. The second kappa shape index (κ2) is 11.7. The lowest BCUT2D eigenvalue weighted by atomic mass is 10.0. The number of nitrogens with zero attached hydrogens (tertiary/aromatic N) is 2. The Balaban J connectivity index is 1.69. The highest BCUT2D eigenvalue weighted by molar-refractivity contribution is 5.94. The smallest absolute Gasteiger partial charge is 0.416 e. The fraction of sp³-hybridized carbons (Fsp3) is 0.519.